The Morgan fingerprint density at radius 2 is 2.12 bits per heavy atom. The number of benzene rings is 1. The van der Waals surface area contributed by atoms with Crippen molar-refractivity contribution in [1.82, 2.24) is 10.6 Å². The van der Waals surface area contributed by atoms with E-state index in [1.165, 1.54) is 0 Å². The standard InChI is InChI=1S/C11H13BrN2O2/c12-8-3-1-2-7(6-8)9-10(11(15)16)14-5-4-13-9/h1-3,6,9-10,13-14H,4-5H2,(H,15,16). The Balaban J connectivity index is 2.26. The predicted octanol–water partition coefficient (Wildman–Crippen LogP) is 1.14. The smallest absolute Gasteiger partial charge is 0.322 e. The van der Waals surface area contributed by atoms with Crippen molar-refractivity contribution in [1.29, 1.82) is 0 Å². The maximum absolute atomic E-state index is 11.1. The Morgan fingerprint density at radius 1 is 1.38 bits per heavy atom. The largest absolute Gasteiger partial charge is 0.480 e. The molecule has 1 aromatic rings. The lowest BCUT2D eigenvalue weighted by Gasteiger charge is -2.31. The Kier molecular flexibility index (Phi) is 3.58. The number of carbonyl (C=O) groups is 1. The van der Waals surface area contributed by atoms with Crippen molar-refractivity contribution in [2.75, 3.05) is 13.1 Å². The van der Waals surface area contributed by atoms with E-state index in [1.807, 2.05) is 24.3 Å². The van der Waals surface area contributed by atoms with Crippen LogP contribution in [-0.4, -0.2) is 30.2 Å². The van der Waals surface area contributed by atoms with Crippen LogP contribution < -0.4 is 10.6 Å². The van der Waals surface area contributed by atoms with Crippen molar-refractivity contribution in [3.63, 3.8) is 0 Å². The van der Waals surface area contributed by atoms with E-state index in [2.05, 4.69) is 26.6 Å². The zero-order valence-electron chi connectivity index (χ0n) is 8.61. The van der Waals surface area contributed by atoms with Gasteiger partial charge in [-0.15, -0.1) is 0 Å². The fourth-order valence-corrected chi connectivity index (χ4v) is 2.35. The first-order valence-electron chi connectivity index (χ1n) is 5.13. The summed E-state index contributed by atoms with van der Waals surface area (Å²) in [5, 5.41) is 15.4. The molecule has 0 spiro atoms. The molecule has 0 aliphatic carbocycles. The molecular formula is C11H13BrN2O2. The number of aliphatic carboxylic acids is 1. The Hall–Kier alpha value is -0.910. The molecule has 3 N–H and O–H groups in total. The second-order valence-corrected chi connectivity index (χ2v) is 4.67. The van der Waals surface area contributed by atoms with Crippen molar-refractivity contribution in [3.8, 4) is 0 Å². The first kappa shape index (κ1) is 11.6. The fraction of sp³-hybridized carbons (Fsp3) is 0.364. The third-order valence-corrected chi connectivity index (χ3v) is 3.15. The van der Waals surface area contributed by atoms with Gasteiger partial charge in [-0.1, -0.05) is 28.1 Å². The molecule has 1 saturated heterocycles. The summed E-state index contributed by atoms with van der Waals surface area (Å²) in [5.74, 6) is -0.822. The Bertz CT molecular complexity index is 397. The summed E-state index contributed by atoms with van der Waals surface area (Å²) < 4.78 is 0.960. The lowest BCUT2D eigenvalue weighted by molar-refractivity contribution is -0.140. The van der Waals surface area contributed by atoms with E-state index in [1.54, 1.807) is 0 Å². The van der Waals surface area contributed by atoms with Gasteiger partial charge in [0.2, 0.25) is 0 Å². The molecule has 16 heavy (non-hydrogen) atoms. The number of carboxylic acid groups (broad SMARTS) is 1. The van der Waals surface area contributed by atoms with Crippen LogP contribution in [0.3, 0.4) is 0 Å². The van der Waals surface area contributed by atoms with E-state index in [0.29, 0.717) is 6.54 Å². The number of rotatable bonds is 2. The highest BCUT2D eigenvalue weighted by Gasteiger charge is 2.31. The summed E-state index contributed by atoms with van der Waals surface area (Å²) in [6.45, 7) is 1.46. The maximum Gasteiger partial charge on any atom is 0.322 e. The van der Waals surface area contributed by atoms with Gasteiger partial charge in [0.25, 0.3) is 0 Å². The quantitative estimate of drug-likeness (QED) is 0.762. The van der Waals surface area contributed by atoms with Gasteiger partial charge in [-0.3, -0.25) is 4.79 Å². The molecule has 1 aliphatic rings. The van der Waals surface area contributed by atoms with Crippen LogP contribution in [0.4, 0.5) is 0 Å². The van der Waals surface area contributed by atoms with Crippen molar-refractivity contribution < 1.29 is 9.90 Å². The first-order chi connectivity index (χ1) is 7.68. The minimum Gasteiger partial charge on any atom is -0.480 e. The monoisotopic (exact) mass is 284 g/mol. The average molecular weight is 285 g/mol. The maximum atomic E-state index is 11.1. The zero-order chi connectivity index (χ0) is 11.5. The third kappa shape index (κ3) is 2.42. The molecule has 2 atom stereocenters. The number of hydrogen-bond acceptors (Lipinski definition) is 3. The lowest BCUT2D eigenvalue weighted by Crippen LogP contribution is -2.54. The zero-order valence-corrected chi connectivity index (χ0v) is 10.2. The number of piperazine rings is 1. The summed E-state index contributed by atoms with van der Waals surface area (Å²) in [4.78, 5) is 11.1. The molecule has 1 fully saturated rings. The molecule has 4 nitrogen and oxygen atoms in total. The molecule has 2 unspecified atom stereocenters. The van der Waals surface area contributed by atoms with Crippen LogP contribution in [0.2, 0.25) is 0 Å². The van der Waals surface area contributed by atoms with Crippen LogP contribution in [0, 0.1) is 0 Å². The molecule has 0 aromatic heterocycles. The molecule has 2 rings (SSSR count). The molecular weight excluding hydrogens is 272 g/mol. The van der Waals surface area contributed by atoms with Crippen molar-refractivity contribution in [2.24, 2.45) is 0 Å². The SMILES string of the molecule is O=C(O)C1NCCNC1c1cccc(Br)c1. The first-order valence-corrected chi connectivity index (χ1v) is 5.93. The number of carboxylic acids is 1. The molecule has 5 heteroatoms. The van der Waals surface area contributed by atoms with Gasteiger partial charge >= 0.3 is 5.97 Å². The van der Waals surface area contributed by atoms with Gasteiger partial charge in [0.1, 0.15) is 6.04 Å². The van der Waals surface area contributed by atoms with Gasteiger partial charge < -0.3 is 15.7 Å². The van der Waals surface area contributed by atoms with Gasteiger partial charge in [0.15, 0.2) is 0 Å². The normalized spacial score (nSPS) is 25.3. The molecule has 0 amide bonds. The fourth-order valence-electron chi connectivity index (χ4n) is 1.93. The van der Waals surface area contributed by atoms with E-state index < -0.39 is 12.0 Å². The minimum absolute atomic E-state index is 0.177. The highest BCUT2D eigenvalue weighted by molar-refractivity contribution is 9.10. The molecule has 1 heterocycles. The topological polar surface area (TPSA) is 61.4 Å². The lowest BCUT2D eigenvalue weighted by atomic mass is 9.97. The Morgan fingerprint density at radius 3 is 2.81 bits per heavy atom. The molecule has 1 aliphatic heterocycles. The molecule has 0 saturated carbocycles. The van der Waals surface area contributed by atoms with Gasteiger partial charge in [0, 0.05) is 17.6 Å². The number of halogens is 1. The van der Waals surface area contributed by atoms with Crippen molar-refractivity contribution in [2.45, 2.75) is 12.1 Å². The van der Waals surface area contributed by atoms with Crippen LogP contribution in [0.15, 0.2) is 28.7 Å². The average Bonchev–Trinajstić information content (AvgIpc) is 2.29. The van der Waals surface area contributed by atoms with Crippen LogP contribution >= 0.6 is 15.9 Å². The van der Waals surface area contributed by atoms with Crippen LogP contribution in [0.5, 0.6) is 0 Å². The van der Waals surface area contributed by atoms with Gasteiger partial charge in [-0.2, -0.15) is 0 Å². The van der Waals surface area contributed by atoms with Crippen molar-refractivity contribution in [3.05, 3.63) is 34.3 Å². The number of hydrogen-bond donors (Lipinski definition) is 3. The highest BCUT2D eigenvalue weighted by Crippen LogP contribution is 2.22. The van der Waals surface area contributed by atoms with Gasteiger partial charge in [0.05, 0.1) is 6.04 Å². The highest BCUT2D eigenvalue weighted by atomic mass is 79.9. The summed E-state index contributed by atoms with van der Waals surface area (Å²) >= 11 is 3.39. The summed E-state index contributed by atoms with van der Waals surface area (Å²) in [6.07, 6.45) is 0. The van der Waals surface area contributed by atoms with Crippen LogP contribution in [-0.2, 0) is 4.79 Å². The minimum atomic E-state index is -0.822. The van der Waals surface area contributed by atoms with E-state index in [9.17, 15) is 4.79 Å². The summed E-state index contributed by atoms with van der Waals surface area (Å²) in [6, 6.07) is 6.97. The van der Waals surface area contributed by atoms with E-state index in [0.717, 1.165) is 16.6 Å². The van der Waals surface area contributed by atoms with E-state index >= 15 is 0 Å². The van der Waals surface area contributed by atoms with Gasteiger partial charge in [-0.05, 0) is 17.7 Å². The van der Waals surface area contributed by atoms with Crippen LogP contribution in [0.25, 0.3) is 0 Å². The van der Waals surface area contributed by atoms with Crippen molar-refractivity contribution >= 4 is 21.9 Å². The second-order valence-electron chi connectivity index (χ2n) is 3.76. The second kappa shape index (κ2) is 4.95. The molecule has 86 valence electrons. The van der Waals surface area contributed by atoms with Crippen LogP contribution in [0.1, 0.15) is 11.6 Å². The molecule has 1 aromatic carbocycles. The van der Waals surface area contributed by atoms with Gasteiger partial charge in [-0.25, -0.2) is 0 Å². The van der Waals surface area contributed by atoms with E-state index in [4.69, 9.17) is 5.11 Å². The predicted molar refractivity (Wildman–Crippen MR) is 64.3 cm³/mol. The number of nitrogens with one attached hydrogen (secondary N) is 2. The molecule has 0 radical (unpaired) electrons. The third-order valence-electron chi connectivity index (χ3n) is 2.66. The summed E-state index contributed by atoms with van der Waals surface area (Å²) in [7, 11) is 0. The Labute approximate surface area is 102 Å². The van der Waals surface area contributed by atoms with E-state index in [-0.39, 0.29) is 6.04 Å². The molecule has 0 bridgehead atoms. The summed E-state index contributed by atoms with van der Waals surface area (Å²) in [5.41, 5.74) is 0.981.